The Hall–Kier alpha value is -1.71. The van der Waals surface area contributed by atoms with Crippen molar-refractivity contribution in [2.24, 2.45) is 0 Å². The lowest BCUT2D eigenvalue weighted by Crippen LogP contribution is -2.35. The fourth-order valence-electron chi connectivity index (χ4n) is 2.59. The predicted octanol–water partition coefficient (Wildman–Crippen LogP) is -1.36. The third-order valence-corrected chi connectivity index (χ3v) is 4.25. The highest BCUT2D eigenvalue weighted by Gasteiger charge is 2.60. The van der Waals surface area contributed by atoms with Gasteiger partial charge in [0.05, 0.1) is 32.5 Å². The van der Waals surface area contributed by atoms with Crippen molar-refractivity contribution in [1.29, 1.82) is 0 Å². The fraction of sp³-hybridized carbons (Fsp3) is 0.812. The summed E-state index contributed by atoms with van der Waals surface area (Å²) < 4.78 is 11.0. The van der Waals surface area contributed by atoms with Gasteiger partial charge < -0.3 is 30.1 Å². The zero-order valence-corrected chi connectivity index (χ0v) is 15.2. The first-order chi connectivity index (χ1) is 11.9. The highest BCUT2D eigenvalue weighted by Crippen LogP contribution is 2.39. The summed E-state index contributed by atoms with van der Waals surface area (Å²) >= 11 is 0. The smallest absolute Gasteiger partial charge is 0.249 e. The molecule has 1 rings (SSSR count). The third-order valence-electron chi connectivity index (χ3n) is 4.25. The minimum Gasteiger partial charge on any atom is -0.396 e. The Morgan fingerprint density at radius 2 is 1.60 bits per heavy atom. The molecule has 0 radical (unpaired) electrons. The number of nitrogens with one attached hydrogen (secondary N) is 2. The summed E-state index contributed by atoms with van der Waals surface area (Å²) in [5.41, 5.74) is -0.701. The van der Waals surface area contributed by atoms with Crippen LogP contribution in [-0.2, 0) is 23.9 Å². The molecule has 0 aromatic heterocycles. The van der Waals surface area contributed by atoms with Crippen molar-refractivity contribution in [2.45, 2.75) is 37.8 Å². The maximum Gasteiger partial charge on any atom is 0.249 e. The molecular weight excluding hydrogens is 330 g/mol. The van der Waals surface area contributed by atoms with Crippen molar-refractivity contribution in [3.05, 3.63) is 0 Å². The topological polar surface area (TPSA) is 117 Å². The number of carbonyl (C=O) groups excluding carboxylic acids is 3. The van der Waals surface area contributed by atoms with Crippen LogP contribution in [0.3, 0.4) is 0 Å². The van der Waals surface area contributed by atoms with Gasteiger partial charge in [0.1, 0.15) is 5.54 Å². The molecular formula is C16H29N3O6. The van der Waals surface area contributed by atoms with Crippen LogP contribution < -0.4 is 10.6 Å². The van der Waals surface area contributed by atoms with Gasteiger partial charge in [-0.25, -0.2) is 0 Å². The molecule has 1 unspecified atom stereocenters. The second kappa shape index (κ2) is 10.3. The van der Waals surface area contributed by atoms with Crippen LogP contribution in [0.15, 0.2) is 0 Å². The highest BCUT2D eigenvalue weighted by atomic mass is 16.5. The highest BCUT2D eigenvalue weighted by molar-refractivity contribution is 6.02. The zero-order chi connectivity index (χ0) is 18.9. The number of aliphatic hydroxyl groups is 1. The van der Waals surface area contributed by atoms with Gasteiger partial charge in [-0.15, -0.1) is 0 Å². The molecule has 0 bridgehead atoms. The number of rotatable bonds is 13. The molecule has 25 heavy (non-hydrogen) atoms. The molecule has 0 spiro atoms. The van der Waals surface area contributed by atoms with Crippen molar-refractivity contribution in [2.75, 3.05) is 47.1 Å². The first kappa shape index (κ1) is 21.3. The van der Waals surface area contributed by atoms with Gasteiger partial charge in [-0.05, 0) is 6.92 Å². The van der Waals surface area contributed by atoms with Crippen LogP contribution in [0.1, 0.15) is 26.2 Å². The molecule has 9 nitrogen and oxygen atoms in total. The molecule has 3 amide bonds. The lowest BCUT2D eigenvalue weighted by molar-refractivity contribution is -0.122. The average molecular weight is 359 g/mol. The third kappa shape index (κ3) is 6.26. The normalized spacial score (nSPS) is 19.2. The second-order valence-electron chi connectivity index (χ2n) is 6.07. The van der Waals surface area contributed by atoms with E-state index in [1.807, 2.05) is 0 Å². The van der Waals surface area contributed by atoms with E-state index < -0.39 is 5.54 Å². The summed E-state index contributed by atoms with van der Waals surface area (Å²) in [5.74, 6) is -0.297. The number of hydrogen-bond donors (Lipinski definition) is 3. The van der Waals surface area contributed by atoms with Gasteiger partial charge in [0.2, 0.25) is 17.7 Å². The number of hydrogen-bond acceptors (Lipinski definition) is 6. The van der Waals surface area contributed by atoms with Crippen LogP contribution in [0.4, 0.5) is 0 Å². The van der Waals surface area contributed by atoms with Crippen LogP contribution in [0.5, 0.6) is 0 Å². The van der Waals surface area contributed by atoms with Crippen LogP contribution in [0.2, 0.25) is 0 Å². The number of aliphatic hydroxyl groups excluding tert-OH is 1. The minimum absolute atomic E-state index is 0.0589. The van der Waals surface area contributed by atoms with E-state index >= 15 is 0 Å². The molecule has 0 aliphatic carbocycles. The summed E-state index contributed by atoms with van der Waals surface area (Å²) in [6, 6.07) is -0.321. The average Bonchev–Trinajstić information content (AvgIpc) is 3.13. The quantitative estimate of drug-likeness (QED) is 0.276. The van der Waals surface area contributed by atoms with E-state index in [0.29, 0.717) is 6.42 Å². The fourth-order valence-corrected chi connectivity index (χ4v) is 2.59. The van der Waals surface area contributed by atoms with Gasteiger partial charge in [-0.3, -0.25) is 14.4 Å². The van der Waals surface area contributed by atoms with Gasteiger partial charge in [-0.1, -0.05) is 0 Å². The summed E-state index contributed by atoms with van der Waals surface area (Å²) in [5, 5.41) is 14.2. The lowest BCUT2D eigenvalue weighted by Gasteiger charge is -2.21. The van der Waals surface area contributed by atoms with Crippen molar-refractivity contribution in [3.8, 4) is 0 Å². The molecule has 0 aromatic carbocycles. The Labute approximate surface area is 148 Å². The Kier molecular flexibility index (Phi) is 8.81. The summed E-state index contributed by atoms with van der Waals surface area (Å²) in [4.78, 5) is 36.2. The monoisotopic (exact) mass is 359 g/mol. The largest absolute Gasteiger partial charge is 0.396 e. The van der Waals surface area contributed by atoms with Crippen molar-refractivity contribution < 1.29 is 29.0 Å². The van der Waals surface area contributed by atoms with Gasteiger partial charge in [0.25, 0.3) is 0 Å². The maximum absolute atomic E-state index is 12.1. The Balaban J connectivity index is 2.49. The Morgan fingerprint density at radius 3 is 2.00 bits per heavy atom. The van der Waals surface area contributed by atoms with Gasteiger partial charge in [-0.2, -0.15) is 0 Å². The number of carbonyl (C=O) groups is 3. The van der Waals surface area contributed by atoms with Crippen LogP contribution in [0.25, 0.3) is 0 Å². The van der Waals surface area contributed by atoms with Gasteiger partial charge in [0, 0.05) is 40.0 Å². The number of ether oxygens (including phenoxy) is 2. The number of amides is 3. The summed E-state index contributed by atoms with van der Waals surface area (Å²) in [7, 11) is 3.11. The van der Waals surface area contributed by atoms with E-state index in [-0.39, 0.29) is 69.6 Å². The molecule has 3 N–H and O–H groups in total. The van der Waals surface area contributed by atoms with Crippen molar-refractivity contribution >= 4 is 17.7 Å². The Bertz CT molecular complexity index is 449. The SMILES string of the molecule is CNC(=O)CCOCC(COCCC(=O)NC)N1C(=O)C1(C)CCO. The van der Waals surface area contributed by atoms with E-state index in [9.17, 15) is 14.4 Å². The second-order valence-corrected chi connectivity index (χ2v) is 6.07. The van der Waals surface area contributed by atoms with Gasteiger partial charge in [0.15, 0.2) is 0 Å². The van der Waals surface area contributed by atoms with E-state index in [1.165, 1.54) is 0 Å². The molecule has 0 saturated carbocycles. The molecule has 1 aliphatic rings. The molecule has 1 heterocycles. The van der Waals surface area contributed by atoms with Crippen molar-refractivity contribution in [3.63, 3.8) is 0 Å². The van der Waals surface area contributed by atoms with E-state index in [0.717, 1.165) is 0 Å². The molecule has 1 fully saturated rings. The number of nitrogens with zero attached hydrogens (tertiary/aromatic N) is 1. The molecule has 0 aromatic rings. The van der Waals surface area contributed by atoms with E-state index in [1.54, 1.807) is 25.9 Å². The maximum atomic E-state index is 12.1. The molecule has 1 atom stereocenters. The minimum atomic E-state index is -0.701. The van der Waals surface area contributed by atoms with Crippen LogP contribution in [0, 0.1) is 0 Å². The summed E-state index contributed by atoms with van der Waals surface area (Å²) in [6.07, 6.45) is 0.823. The molecule has 1 saturated heterocycles. The first-order valence-corrected chi connectivity index (χ1v) is 8.42. The zero-order valence-electron chi connectivity index (χ0n) is 15.2. The standard InChI is InChI=1S/C16H29N3O6/c1-16(6-7-20)15(23)19(16)12(10-24-8-4-13(21)17-2)11-25-9-5-14(22)18-3/h12,20H,4-11H2,1-3H3,(H,17,21)(H,18,22). The van der Waals surface area contributed by atoms with Gasteiger partial charge >= 0.3 is 0 Å². The summed E-state index contributed by atoms with van der Waals surface area (Å²) in [6.45, 7) is 2.63. The van der Waals surface area contributed by atoms with Crippen molar-refractivity contribution in [1.82, 2.24) is 15.5 Å². The predicted molar refractivity (Wildman–Crippen MR) is 89.7 cm³/mol. The lowest BCUT2D eigenvalue weighted by atomic mass is 10.1. The van der Waals surface area contributed by atoms with E-state index in [4.69, 9.17) is 14.6 Å². The Morgan fingerprint density at radius 1 is 1.12 bits per heavy atom. The van der Waals surface area contributed by atoms with E-state index in [2.05, 4.69) is 10.6 Å². The molecule has 9 heteroatoms. The molecule has 144 valence electrons. The van der Waals surface area contributed by atoms with Crippen LogP contribution in [-0.4, -0.2) is 86.4 Å². The molecule has 1 aliphatic heterocycles. The van der Waals surface area contributed by atoms with Crippen LogP contribution >= 0.6 is 0 Å². The first-order valence-electron chi connectivity index (χ1n) is 8.42.